The summed E-state index contributed by atoms with van der Waals surface area (Å²) in [6, 6.07) is 16.9. The number of fused-ring (bicyclic) bond motifs is 3. The van der Waals surface area contributed by atoms with E-state index in [1.165, 1.54) is 32.9 Å². The van der Waals surface area contributed by atoms with E-state index in [2.05, 4.69) is 65.9 Å². The molecule has 0 amide bonds. The first-order valence-corrected chi connectivity index (χ1v) is 8.15. The first kappa shape index (κ1) is 14.8. The van der Waals surface area contributed by atoms with Crippen LogP contribution in [0.15, 0.2) is 54.7 Å². The van der Waals surface area contributed by atoms with Gasteiger partial charge in [0.25, 0.3) is 0 Å². The molecule has 0 bridgehead atoms. The summed E-state index contributed by atoms with van der Waals surface area (Å²) in [5.74, 6) is 0.877. The molecule has 0 saturated heterocycles. The van der Waals surface area contributed by atoms with E-state index in [1.54, 1.807) is 7.11 Å². The zero-order valence-corrected chi connectivity index (χ0v) is 14.2. The number of hydrogen-bond acceptors (Lipinski definition) is 2. The Morgan fingerprint density at radius 2 is 1.83 bits per heavy atom. The van der Waals surface area contributed by atoms with E-state index in [0.29, 0.717) is 0 Å². The third kappa shape index (κ3) is 2.24. The zero-order valence-electron chi connectivity index (χ0n) is 14.2. The largest absolute Gasteiger partial charge is 0.497 e. The second-order valence-corrected chi connectivity index (χ2v) is 6.19. The van der Waals surface area contributed by atoms with Crippen molar-refractivity contribution in [1.29, 1.82) is 0 Å². The summed E-state index contributed by atoms with van der Waals surface area (Å²) >= 11 is 0. The van der Waals surface area contributed by atoms with Crippen LogP contribution in [0.1, 0.15) is 16.8 Å². The van der Waals surface area contributed by atoms with E-state index in [1.807, 2.05) is 12.3 Å². The highest BCUT2D eigenvalue weighted by Gasteiger charge is 2.14. The van der Waals surface area contributed by atoms with E-state index in [0.717, 1.165) is 18.0 Å². The normalized spacial score (nSPS) is 11.3. The predicted molar refractivity (Wildman–Crippen MR) is 98.8 cm³/mol. The van der Waals surface area contributed by atoms with Gasteiger partial charge in [0.15, 0.2) is 0 Å². The molecule has 0 atom stereocenters. The minimum absolute atomic E-state index is 0.826. The minimum Gasteiger partial charge on any atom is -0.497 e. The summed E-state index contributed by atoms with van der Waals surface area (Å²) in [5.41, 5.74) is 6.06. The fraction of sp³-hybridized carbons (Fsp3) is 0.190. The molecule has 4 aromatic rings. The standard InChI is InChI=1S/C21H20N2O/c1-14-6-4-5-7-16(14)13-23-20-12-17(24-3)8-9-18(20)19-10-11-22-15(2)21(19)23/h4-12H,13H2,1-3H3. The summed E-state index contributed by atoms with van der Waals surface area (Å²) in [7, 11) is 1.71. The fourth-order valence-corrected chi connectivity index (χ4v) is 3.45. The van der Waals surface area contributed by atoms with Crippen molar-refractivity contribution >= 4 is 21.8 Å². The maximum absolute atomic E-state index is 5.45. The van der Waals surface area contributed by atoms with Crippen LogP contribution in [0.2, 0.25) is 0 Å². The zero-order chi connectivity index (χ0) is 16.7. The monoisotopic (exact) mass is 316 g/mol. The molecule has 3 heteroatoms. The van der Waals surface area contributed by atoms with E-state index >= 15 is 0 Å². The van der Waals surface area contributed by atoms with Crippen LogP contribution >= 0.6 is 0 Å². The van der Waals surface area contributed by atoms with Crippen LogP contribution in [0, 0.1) is 13.8 Å². The lowest BCUT2D eigenvalue weighted by Crippen LogP contribution is -2.02. The number of benzene rings is 2. The van der Waals surface area contributed by atoms with Gasteiger partial charge in [-0.1, -0.05) is 24.3 Å². The first-order chi connectivity index (χ1) is 11.7. The topological polar surface area (TPSA) is 27.1 Å². The van der Waals surface area contributed by atoms with Crippen LogP contribution < -0.4 is 4.74 Å². The van der Waals surface area contributed by atoms with Crippen molar-refractivity contribution in [1.82, 2.24) is 9.55 Å². The van der Waals surface area contributed by atoms with Crippen molar-refractivity contribution in [2.24, 2.45) is 0 Å². The molecule has 2 aromatic heterocycles. The van der Waals surface area contributed by atoms with E-state index in [4.69, 9.17) is 4.74 Å². The van der Waals surface area contributed by atoms with Crippen molar-refractivity contribution in [3.05, 3.63) is 71.5 Å². The second-order valence-electron chi connectivity index (χ2n) is 6.19. The van der Waals surface area contributed by atoms with Crippen LogP contribution in [0.5, 0.6) is 5.75 Å². The van der Waals surface area contributed by atoms with Gasteiger partial charge in [0.2, 0.25) is 0 Å². The smallest absolute Gasteiger partial charge is 0.120 e. The number of aromatic nitrogens is 2. The highest BCUT2D eigenvalue weighted by molar-refractivity contribution is 6.09. The molecule has 4 rings (SSSR count). The fourth-order valence-electron chi connectivity index (χ4n) is 3.45. The second kappa shape index (κ2) is 5.68. The lowest BCUT2D eigenvalue weighted by Gasteiger charge is -2.11. The van der Waals surface area contributed by atoms with E-state index in [9.17, 15) is 0 Å². The summed E-state index contributed by atoms with van der Waals surface area (Å²) in [6.07, 6.45) is 1.89. The van der Waals surface area contributed by atoms with Crippen molar-refractivity contribution in [2.45, 2.75) is 20.4 Å². The Kier molecular flexibility index (Phi) is 3.49. The predicted octanol–water partition coefficient (Wildman–Crippen LogP) is 4.86. The lowest BCUT2D eigenvalue weighted by atomic mass is 10.1. The average Bonchev–Trinajstić information content (AvgIpc) is 2.91. The molecule has 0 unspecified atom stereocenters. The van der Waals surface area contributed by atoms with Crippen molar-refractivity contribution in [2.75, 3.05) is 7.11 Å². The molecule has 0 aliphatic rings. The molecule has 0 radical (unpaired) electrons. The summed E-state index contributed by atoms with van der Waals surface area (Å²) in [5, 5.41) is 2.48. The van der Waals surface area contributed by atoms with Gasteiger partial charge >= 0.3 is 0 Å². The summed E-state index contributed by atoms with van der Waals surface area (Å²) in [4.78, 5) is 4.52. The van der Waals surface area contributed by atoms with Crippen molar-refractivity contribution in [3.8, 4) is 5.75 Å². The van der Waals surface area contributed by atoms with Crippen LogP contribution in [0.4, 0.5) is 0 Å². The maximum atomic E-state index is 5.45. The van der Waals surface area contributed by atoms with Gasteiger partial charge in [-0.3, -0.25) is 4.98 Å². The van der Waals surface area contributed by atoms with Crippen LogP contribution in [0.25, 0.3) is 21.8 Å². The molecule has 0 spiro atoms. The molecular formula is C21H20N2O. The first-order valence-electron chi connectivity index (χ1n) is 8.15. The average molecular weight is 316 g/mol. The van der Waals surface area contributed by atoms with Gasteiger partial charge in [0.05, 0.1) is 23.8 Å². The molecule has 120 valence electrons. The van der Waals surface area contributed by atoms with Crippen LogP contribution in [-0.2, 0) is 6.54 Å². The third-order valence-corrected chi connectivity index (χ3v) is 4.75. The molecule has 24 heavy (non-hydrogen) atoms. The Balaban J connectivity index is 2.05. The quantitative estimate of drug-likeness (QED) is 0.539. The maximum Gasteiger partial charge on any atom is 0.120 e. The molecule has 3 nitrogen and oxygen atoms in total. The number of pyridine rings is 1. The number of methoxy groups -OCH3 is 1. The number of nitrogens with zero attached hydrogens (tertiary/aromatic N) is 2. The SMILES string of the molecule is COc1ccc2c3ccnc(C)c3n(Cc3ccccc3C)c2c1. The minimum atomic E-state index is 0.826. The molecule has 0 aliphatic heterocycles. The van der Waals surface area contributed by atoms with E-state index in [-0.39, 0.29) is 0 Å². The third-order valence-electron chi connectivity index (χ3n) is 4.75. The molecule has 2 aromatic carbocycles. The number of hydrogen-bond donors (Lipinski definition) is 0. The van der Waals surface area contributed by atoms with Gasteiger partial charge in [0, 0.05) is 29.6 Å². The van der Waals surface area contributed by atoms with Crippen LogP contribution in [0.3, 0.4) is 0 Å². The van der Waals surface area contributed by atoms with Gasteiger partial charge < -0.3 is 9.30 Å². The number of ether oxygens (including phenoxy) is 1. The Morgan fingerprint density at radius 3 is 2.62 bits per heavy atom. The van der Waals surface area contributed by atoms with Gasteiger partial charge in [-0.05, 0) is 43.2 Å². The Morgan fingerprint density at radius 1 is 1.00 bits per heavy atom. The van der Waals surface area contributed by atoms with Gasteiger partial charge in [-0.15, -0.1) is 0 Å². The lowest BCUT2D eigenvalue weighted by molar-refractivity contribution is 0.415. The Labute approximate surface area is 141 Å². The molecule has 0 fully saturated rings. The van der Waals surface area contributed by atoms with Crippen LogP contribution in [-0.4, -0.2) is 16.7 Å². The number of aryl methyl sites for hydroxylation is 2. The Hall–Kier alpha value is -2.81. The molecular weight excluding hydrogens is 296 g/mol. The summed E-state index contributed by atoms with van der Waals surface area (Å²) in [6.45, 7) is 5.06. The molecule has 0 saturated carbocycles. The van der Waals surface area contributed by atoms with E-state index < -0.39 is 0 Å². The van der Waals surface area contributed by atoms with Gasteiger partial charge in [0.1, 0.15) is 5.75 Å². The molecule has 2 heterocycles. The van der Waals surface area contributed by atoms with Gasteiger partial charge in [-0.25, -0.2) is 0 Å². The summed E-state index contributed by atoms with van der Waals surface area (Å²) < 4.78 is 7.81. The highest BCUT2D eigenvalue weighted by Crippen LogP contribution is 2.33. The Bertz CT molecular complexity index is 1050. The van der Waals surface area contributed by atoms with Crippen molar-refractivity contribution in [3.63, 3.8) is 0 Å². The van der Waals surface area contributed by atoms with Crippen molar-refractivity contribution < 1.29 is 4.74 Å². The highest BCUT2D eigenvalue weighted by atomic mass is 16.5. The van der Waals surface area contributed by atoms with Gasteiger partial charge in [-0.2, -0.15) is 0 Å². The molecule has 0 aliphatic carbocycles. The number of rotatable bonds is 3. The molecule has 0 N–H and O–H groups in total.